The molecule has 0 radical (unpaired) electrons. The first kappa shape index (κ1) is 22.8. The van der Waals surface area contributed by atoms with Crippen LogP contribution in [-0.4, -0.2) is 30.6 Å². The molecule has 9 heteroatoms. The Labute approximate surface area is 197 Å². The van der Waals surface area contributed by atoms with Crippen molar-refractivity contribution in [3.05, 3.63) is 80.2 Å². The van der Waals surface area contributed by atoms with Crippen molar-refractivity contribution in [3.63, 3.8) is 0 Å². The molecule has 1 amide bonds. The number of carbonyl (C=O) groups is 1. The molecule has 33 heavy (non-hydrogen) atoms. The standard InChI is InChI=1S/C24H27ClN6O2/c1-13-8-7-9-19(10-13)11-30-17(5)22(15(3)28-30)26-24(32)23-20(18(6)33-29-23)12-31-16(4)21(25)14(2)27-31/h7-10H,11-12H2,1-6H3,(H,26,32). The number of aryl methyl sites for hydroxylation is 4. The van der Waals surface area contributed by atoms with E-state index < -0.39 is 0 Å². The summed E-state index contributed by atoms with van der Waals surface area (Å²) in [5, 5.41) is 16.7. The molecule has 0 atom stereocenters. The zero-order valence-electron chi connectivity index (χ0n) is 19.7. The van der Waals surface area contributed by atoms with Gasteiger partial charge in [0.25, 0.3) is 5.91 Å². The topological polar surface area (TPSA) is 90.8 Å². The molecule has 0 spiro atoms. The van der Waals surface area contributed by atoms with E-state index in [1.807, 2.05) is 38.4 Å². The second kappa shape index (κ2) is 8.86. The maximum Gasteiger partial charge on any atom is 0.278 e. The van der Waals surface area contributed by atoms with Crippen molar-refractivity contribution in [2.45, 2.75) is 54.6 Å². The van der Waals surface area contributed by atoms with Crippen molar-refractivity contribution < 1.29 is 9.32 Å². The van der Waals surface area contributed by atoms with Gasteiger partial charge in [-0.3, -0.25) is 14.2 Å². The Bertz CT molecular complexity index is 1350. The fourth-order valence-electron chi connectivity index (χ4n) is 3.92. The van der Waals surface area contributed by atoms with Gasteiger partial charge in [0, 0.05) is 5.56 Å². The second-order valence-electron chi connectivity index (χ2n) is 8.36. The SMILES string of the molecule is Cc1cccc(Cn2nc(C)c(NC(=O)c3noc(C)c3Cn3nc(C)c(Cl)c3C)c2C)c1. The molecule has 3 aromatic heterocycles. The molecule has 0 aliphatic rings. The summed E-state index contributed by atoms with van der Waals surface area (Å²) in [6.07, 6.45) is 0. The van der Waals surface area contributed by atoms with E-state index >= 15 is 0 Å². The van der Waals surface area contributed by atoms with E-state index in [9.17, 15) is 4.79 Å². The lowest BCUT2D eigenvalue weighted by molar-refractivity contribution is 0.101. The van der Waals surface area contributed by atoms with Gasteiger partial charge in [-0.05, 0) is 47.1 Å². The largest absolute Gasteiger partial charge is 0.361 e. The van der Waals surface area contributed by atoms with Gasteiger partial charge in [0.15, 0.2) is 5.69 Å². The predicted octanol–water partition coefficient (Wildman–Crippen LogP) is 4.92. The van der Waals surface area contributed by atoms with E-state index in [4.69, 9.17) is 16.1 Å². The smallest absolute Gasteiger partial charge is 0.278 e. The van der Waals surface area contributed by atoms with Crippen LogP contribution in [0.5, 0.6) is 0 Å². The van der Waals surface area contributed by atoms with Crippen LogP contribution >= 0.6 is 11.6 Å². The third-order valence-corrected chi connectivity index (χ3v) is 6.38. The molecule has 4 aromatic rings. The van der Waals surface area contributed by atoms with Crippen molar-refractivity contribution in [2.75, 3.05) is 5.32 Å². The van der Waals surface area contributed by atoms with Gasteiger partial charge in [0.05, 0.1) is 46.6 Å². The van der Waals surface area contributed by atoms with Crippen molar-refractivity contribution in [2.24, 2.45) is 0 Å². The van der Waals surface area contributed by atoms with Crippen LogP contribution in [0.1, 0.15) is 55.7 Å². The van der Waals surface area contributed by atoms with E-state index in [0.717, 1.165) is 28.3 Å². The summed E-state index contributed by atoms with van der Waals surface area (Å²) < 4.78 is 9.00. The molecule has 0 saturated carbocycles. The van der Waals surface area contributed by atoms with Gasteiger partial charge in [-0.2, -0.15) is 10.2 Å². The van der Waals surface area contributed by atoms with Crippen LogP contribution < -0.4 is 5.32 Å². The van der Waals surface area contributed by atoms with Crippen LogP contribution in [0.25, 0.3) is 0 Å². The fourth-order valence-corrected chi connectivity index (χ4v) is 4.06. The summed E-state index contributed by atoms with van der Waals surface area (Å²) in [5.41, 5.74) is 7.07. The Hall–Kier alpha value is -3.39. The molecule has 3 heterocycles. The van der Waals surface area contributed by atoms with Crippen LogP contribution in [0.3, 0.4) is 0 Å². The highest BCUT2D eigenvalue weighted by Crippen LogP contribution is 2.25. The van der Waals surface area contributed by atoms with E-state index in [-0.39, 0.29) is 11.6 Å². The molecule has 0 aliphatic carbocycles. The number of benzene rings is 1. The lowest BCUT2D eigenvalue weighted by Gasteiger charge is -2.08. The molecule has 0 unspecified atom stereocenters. The number of halogens is 1. The third kappa shape index (κ3) is 4.43. The molecule has 1 N–H and O–H groups in total. The molecular weight excluding hydrogens is 440 g/mol. The monoisotopic (exact) mass is 466 g/mol. The molecule has 0 aliphatic heterocycles. The first-order chi connectivity index (χ1) is 15.7. The zero-order chi connectivity index (χ0) is 23.9. The maximum atomic E-state index is 13.2. The minimum absolute atomic E-state index is 0.224. The van der Waals surface area contributed by atoms with Gasteiger partial charge < -0.3 is 9.84 Å². The average molecular weight is 467 g/mol. The average Bonchev–Trinajstić information content (AvgIpc) is 3.34. The number of rotatable bonds is 6. The number of aromatic nitrogens is 5. The Morgan fingerprint density at radius 1 is 1.00 bits per heavy atom. The number of nitrogens with zero attached hydrogens (tertiary/aromatic N) is 5. The van der Waals surface area contributed by atoms with Gasteiger partial charge in [-0.25, -0.2) is 0 Å². The van der Waals surface area contributed by atoms with Crippen molar-refractivity contribution in [1.29, 1.82) is 0 Å². The van der Waals surface area contributed by atoms with E-state index in [0.29, 0.717) is 35.1 Å². The van der Waals surface area contributed by atoms with Gasteiger partial charge in [0.1, 0.15) is 5.76 Å². The molecule has 1 aromatic carbocycles. The van der Waals surface area contributed by atoms with Gasteiger partial charge >= 0.3 is 0 Å². The Morgan fingerprint density at radius 3 is 2.36 bits per heavy atom. The highest BCUT2D eigenvalue weighted by Gasteiger charge is 2.24. The molecule has 0 bridgehead atoms. The summed E-state index contributed by atoms with van der Waals surface area (Å²) >= 11 is 6.28. The highest BCUT2D eigenvalue weighted by molar-refractivity contribution is 6.31. The van der Waals surface area contributed by atoms with E-state index in [1.54, 1.807) is 11.6 Å². The predicted molar refractivity (Wildman–Crippen MR) is 127 cm³/mol. The molecule has 8 nitrogen and oxygen atoms in total. The van der Waals surface area contributed by atoms with Crippen LogP contribution in [-0.2, 0) is 13.1 Å². The first-order valence-corrected chi connectivity index (χ1v) is 11.1. The number of amides is 1. The van der Waals surface area contributed by atoms with Gasteiger partial charge in [-0.1, -0.05) is 46.6 Å². The summed E-state index contributed by atoms with van der Waals surface area (Å²) in [5.74, 6) is 0.211. The minimum atomic E-state index is -0.351. The third-order valence-electron chi connectivity index (χ3n) is 5.84. The van der Waals surface area contributed by atoms with Crippen molar-refractivity contribution in [3.8, 4) is 0 Å². The molecule has 172 valence electrons. The minimum Gasteiger partial charge on any atom is -0.361 e. The number of nitrogens with one attached hydrogen (secondary N) is 1. The molecular formula is C24H27ClN6O2. The number of hydrogen-bond acceptors (Lipinski definition) is 5. The van der Waals surface area contributed by atoms with Crippen LogP contribution in [0, 0.1) is 41.5 Å². The first-order valence-electron chi connectivity index (χ1n) is 10.7. The van der Waals surface area contributed by atoms with E-state index in [2.05, 4.69) is 45.8 Å². The van der Waals surface area contributed by atoms with Crippen LogP contribution in [0.15, 0.2) is 28.8 Å². The summed E-state index contributed by atoms with van der Waals surface area (Å²) in [6.45, 7) is 12.4. The van der Waals surface area contributed by atoms with Crippen LogP contribution in [0.2, 0.25) is 5.02 Å². The molecule has 4 rings (SSSR count). The van der Waals surface area contributed by atoms with E-state index in [1.165, 1.54) is 5.56 Å². The molecule has 0 fully saturated rings. The lowest BCUT2D eigenvalue weighted by Crippen LogP contribution is -2.17. The normalized spacial score (nSPS) is 11.2. The van der Waals surface area contributed by atoms with Crippen molar-refractivity contribution in [1.82, 2.24) is 24.7 Å². The van der Waals surface area contributed by atoms with Gasteiger partial charge in [0.2, 0.25) is 0 Å². The zero-order valence-corrected chi connectivity index (χ0v) is 20.4. The Balaban J connectivity index is 1.58. The van der Waals surface area contributed by atoms with Gasteiger partial charge in [-0.15, -0.1) is 0 Å². The Morgan fingerprint density at radius 2 is 1.70 bits per heavy atom. The van der Waals surface area contributed by atoms with Crippen LogP contribution in [0.4, 0.5) is 5.69 Å². The quantitative estimate of drug-likeness (QED) is 0.435. The highest BCUT2D eigenvalue weighted by atomic mass is 35.5. The summed E-state index contributed by atoms with van der Waals surface area (Å²) in [7, 11) is 0. The molecule has 0 saturated heterocycles. The second-order valence-corrected chi connectivity index (χ2v) is 8.73. The summed E-state index contributed by atoms with van der Waals surface area (Å²) in [6, 6.07) is 8.29. The Kier molecular flexibility index (Phi) is 6.12. The number of carbonyl (C=O) groups excluding carboxylic acids is 1. The number of anilines is 1. The fraction of sp³-hybridized carbons (Fsp3) is 0.333. The number of hydrogen-bond donors (Lipinski definition) is 1. The van der Waals surface area contributed by atoms with Crippen molar-refractivity contribution >= 4 is 23.2 Å². The summed E-state index contributed by atoms with van der Waals surface area (Å²) in [4.78, 5) is 13.2. The maximum absolute atomic E-state index is 13.2. The lowest BCUT2D eigenvalue weighted by atomic mass is 10.1.